The van der Waals surface area contributed by atoms with Gasteiger partial charge in [0.25, 0.3) is 0 Å². The van der Waals surface area contributed by atoms with Crippen LogP contribution in [0.15, 0.2) is 60.7 Å². The molecule has 1 amide bonds. The van der Waals surface area contributed by atoms with Crippen molar-refractivity contribution < 1.29 is 9.53 Å². The summed E-state index contributed by atoms with van der Waals surface area (Å²) in [6.45, 7) is 11.2. The Kier molecular flexibility index (Phi) is 6.84. The van der Waals surface area contributed by atoms with Gasteiger partial charge in [-0.05, 0) is 55.0 Å². The summed E-state index contributed by atoms with van der Waals surface area (Å²) in [7, 11) is 0. The molecule has 0 heterocycles. The van der Waals surface area contributed by atoms with Gasteiger partial charge < -0.3 is 10.1 Å². The van der Waals surface area contributed by atoms with Crippen molar-refractivity contribution in [3.8, 4) is 5.75 Å². The largest absolute Gasteiger partial charge is 0.489 e. The van der Waals surface area contributed by atoms with E-state index < -0.39 is 0 Å². The maximum atomic E-state index is 12.2. The first kappa shape index (κ1) is 20.8. The lowest BCUT2D eigenvalue weighted by molar-refractivity contribution is -0.118. The third-order valence-corrected chi connectivity index (χ3v) is 3.99. The van der Waals surface area contributed by atoms with Gasteiger partial charge in [0.15, 0.2) is 0 Å². The second-order valence-corrected chi connectivity index (χ2v) is 8.79. The molecule has 0 saturated carbocycles. The van der Waals surface area contributed by atoms with Crippen LogP contribution in [0.4, 0.5) is 0 Å². The number of rotatable bonds is 7. The number of nitrogens with one attached hydrogen (secondary N) is 1. The minimum absolute atomic E-state index is 0.0753. The highest BCUT2D eigenvalue weighted by Crippen LogP contribution is 2.26. The first-order valence-electron chi connectivity index (χ1n) is 9.40. The molecule has 0 bridgehead atoms. The van der Waals surface area contributed by atoms with Crippen molar-refractivity contribution in [3.05, 3.63) is 71.8 Å². The number of carbonyl (C=O) groups excluding carboxylic acids is 1. The van der Waals surface area contributed by atoms with Gasteiger partial charge in [0.2, 0.25) is 5.91 Å². The van der Waals surface area contributed by atoms with Gasteiger partial charge in [0.05, 0.1) is 0 Å². The van der Waals surface area contributed by atoms with Gasteiger partial charge >= 0.3 is 0 Å². The smallest absolute Gasteiger partial charge is 0.244 e. The van der Waals surface area contributed by atoms with Crippen LogP contribution in [0.5, 0.6) is 5.75 Å². The third kappa shape index (κ3) is 8.12. The zero-order valence-electron chi connectivity index (χ0n) is 17.1. The molecule has 3 heteroatoms. The molecule has 1 N–H and O–H groups in total. The second kappa shape index (κ2) is 8.90. The van der Waals surface area contributed by atoms with Crippen LogP contribution < -0.4 is 10.1 Å². The lowest BCUT2D eigenvalue weighted by Crippen LogP contribution is -2.45. The Morgan fingerprint density at radius 3 is 2.19 bits per heavy atom. The summed E-state index contributed by atoms with van der Waals surface area (Å²) in [6, 6.07) is 17.8. The van der Waals surface area contributed by atoms with Crippen molar-refractivity contribution in [3.63, 3.8) is 0 Å². The monoisotopic (exact) mass is 365 g/mol. The number of benzene rings is 2. The van der Waals surface area contributed by atoms with E-state index in [0.717, 1.165) is 23.3 Å². The normalized spacial score (nSPS) is 12.2. The van der Waals surface area contributed by atoms with Crippen molar-refractivity contribution in [2.24, 2.45) is 5.41 Å². The molecule has 0 aliphatic rings. The van der Waals surface area contributed by atoms with Crippen molar-refractivity contribution >= 4 is 12.0 Å². The summed E-state index contributed by atoms with van der Waals surface area (Å²) in [5, 5.41) is 3.08. The van der Waals surface area contributed by atoms with Crippen LogP contribution in [0.3, 0.4) is 0 Å². The van der Waals surface area contributed by atoms with E-state index in [1.54, 1.807) is 6.08 Å². The molecular formula is C24H31NO2. The Hall–Kier alpha value is -2.55. The molecule has 2 aromatic rings. The van der Waals surface area contributed by atoms with E-state index in [2.05, 4.69) is 39.9 Å². The maximum absolute atomic E-state index is 12.2. The fraction of sp³-hybridized carbons (Fsp3) is 0.375. The Bertz CT molecular complexity index is 753. The van der Waals surface area contributed by atoms with E-state index in [0.29, 0.717) is 6.61 Å². The van der Waals surface area contributed by atoms with Crippen LogP contribution in [-0.2, 0) is 11.4 Å². The zero-order valence-corrected chi connectivity index (χ0v) is 17.1. The topological polar surface area (TPSA) is 38.3 Å². The zero-order chi connectivity index (χ0) is 19.9. The number of ether oxygens (including phenoxy) is 1. The Morgan fingerprint density at radius 2 is 1.59 bits per heavy atom. The Labute approximate surface area is 163 Å². The van der Waals surface area contributed by atoms with E-state index in [1.165, 1.54) is 0 Å². The highest BCUT2D eigenvalue weighted by Gasteiger charge is 2.26. The molecule has 0 unspecified atom stereocenters. The molecule has 0 aromatic heterocycles. The summed E-state index contributed by atoms with van der Waals surface area (Å²) in [4.78, 5) is 12.2. The van der Waals surface area contributed by atoms with Crippen LogP contribution in [-0.4, -0.2) is 11.4 Å². The third-order valence-electron chi connectivity index (χ3n) is 3.99. The fourth-order valence-electron chi connectivity index (χ4n) is 3.33. The van der Waals surface area contributed by atoms with Gasteiger partial charge in [-0.1, -0.05) is 63.2 Å². The Morgan fingerprint density at radius 1 is 0.963 bits per heavy atom. The number of hydrogen-bond donors (Lipinski definition) is 1. The number of hydrogen-bond acceptors (Lipinski definition) is 2. The van der Waals surface area contributed by atoms with E-state index in [-0.39, 0.29) is 16.9 Å². The standard InChI is InChI=1S/C24H31NO2/c1-23(2,3)18-24(4,5)25-22(26)16-13-19-11-14-21(15-12-19)27-17-20-9-7-6-8-10-20/h6-16H,17-18H2,1-5H3,(H,25,26)/b16-13+. The lowest BCUT2D eigenvalue weighted by Gasteiger charge is -2.32. The van der Waals surface area contributed by atoms with Crippen molar-refractivity contribution in [2.75, 3.05) is 0 Å². The second-order valence-electron chi connectivity index (χ2n) is 8.79. The molecule has 0 saturated heterocycles. The summed E-state index contributed by atoms with van der Waals surface area (Å²) >= 11 is 0. The molecular weight excluding hydrogens is 334 g/mol. The molecule has 27 heavy (non-hydrogen) atoms. The summed E-state index contributed by atoms with van der Waals surface area (Å²) < 4.78 is 5.78. The molecule has 144 valence electrons. The van der Waals surface area contributed by atoms with Gasteiger partial charge in [-0.25, -0.2) is 0 Å². The quantitative estimate of drug-likeness (QED) is 0.648. The number of amides is 1. The predicted octanol–water partition coefficient (Wildman–Crippen LogP) is 5.61. The fourth-order valence-corrected chi connectivity index (χ4v) is 3.33. The van der Waals surface area contributed by atoms with Crippen LogP contribution in [0, 0.1) is 5.41 Å². The van der Waals surface area contributed by atoms with E-state index in [9.17, 15) is 4.79 Å². The van der Waals surface area contributed by atoms with Gasteiger partial charge in [0.1, 0.15) is 12.4 Å². The molecule has 2 rings (SSSR count). The molecule has 0 radical (unpaired) electrons. The summed E-state index contributed by atoms with van der Waals surface area (Å²) in [5.74, 6) is 0.736. The Balaban J connectivity index is 1.87. The van der Waals surface area contributed by atoms with Crippen LogP contribution in [0.2, 0.25) is 0 Å². The van der Waals surface area contributed by atoms with Crippen molar-refractivity contribution in [1.29, 1.82) is 0 Å². The first-order valence-corrected chi connectivity index (χ1v) is 9.40. The highest BCUT2D eigenvalue weighted by atomic mass is 16.5. The summed E-state index contributed by atoms with van der Waals surface area (Å²) in [5.41, 5.74) is 2.02. The number of carbonyl (C=O) groups is 1. The van der Waals surface area contributed by atoms with E-state index in [4.69, 9.17) is 4.74 Å². The van der Waals surface area contributed by atoms with Crippen LogP contribution in [0.1, 0.15) is 52.2 Å². The first-order chi connectivity index (χ1) is 12.6. The van der Waals surface area contributed by atoms with Crippen LogP contribution >= 0.6 is 0 Å². The molecule has 2 aromatic carbocycles. The van der Waals surface area contributed by atoms with E-state index >= 15 is 0 Å². The van der Waals surface area contributed by atoms with Gasteiger partial charge in [-0.3, -0.25) is 4.79 Å². The predicted molar refractivity (Wildman–Crippen MR) is 113 cm³/mol. The summed E-state index contributed by atoms with van der Waals surface area (Å²) in [6.07, 6.45) is 4.32. The van der Waals surface area contributed by atoms with Crippen molar-refractivity contribution in [1.82, 2.24) is 5.32 Å². The molecule has 0 atom stereocenters. The minimum atomic E-state index is -0.241. The molecule has 0 spiro atoms. The SMILES string of the molecule is CC(C)(C)CC(C)(C)NC(=O)/C=C/c1ccc(OCc2ccccc2)cc1. The molecule has 3 nitrogen and oxygen atoms in total. The van der Waals surface area contributed by atoms with Crippen LogP contribution in [0.25, 0.3) is 6.08 Å². The van der Waals surface area contributed by atoms with E-state index in [1.807, 2.05) is 60.7 Å². The van der Waals surface area contributed by atoms with Crippen molar-refractivity contribution in [2.45, 2.75) is 53.2 Å². The lowest BCUT2D eigenvalue weighted by atomic mass is 9.82. The van der Waals surface area contributed by atoms with Gasteiger partial charge in [-0.15, -0.1) is 0 Å². The maximum Gasteiger partial charge on any atom is 0.244 e. The molecule has 0 fully saturated rings. The minimum Gasteiger partial charge on any atom is -0.489 e. The van der Waals surface area contributed by atoms with Gasteiger partial charge in [-0.2, -0.15) is 0 Å². The highest BCUT2D eigenvalue weighted by molar-refractivity contribution is 5.92. The average molecular weight is 366 g/mol. The molecule has 0 aliphatic carbocycles. The molecule has 0 aliphatic heterocycles. The van der Waals surface area contributed by atoms with Gasteiger partial charge in [0, 0.05) is 11.6 Å². The average Bonchev–Trinajstić information content (AvgIpc) is 2.57.